The number of nitrogens with zero attached hydrogens (tertiary/aromatic N) is 1. The van der Waals surface area contributed by atoms with Gasteiger partial charge in [-0.25, -0.2) is 4.79 Å². The Bertz CT molecular complexity index is 1090. The molecule has 0 aliphatic heterocycles. The average molecular weight is 530 g/mol. The lowest BCUT2D eigenvalue weighted by atomic mass is 9.95. The molecule has 8 heteroatoms. The standard InChI is InChI=1S/C29H40ClN3O4/c1-8-9-10-17-33(24(34)18-31-28(36)37-29(5,6)7)26(22-15-11-13-19(2)21(22)4)27(35)32-25-20(3)14-12-16-23(25)30/h11-16,26H,8-10,17-18H2,1-7H3,(H,31,36)(H,32,35). The second-order valence-electron chi connectivity index (χ2n) is 10.3. The van der Waals surface area contributed by atoms with Crippen LogP contribution in [0.1, 0.15) is 75.3 Å². The van der Waals surface area contributed by atoms with Crippen molar-refractivity contribution in [3.05, 3.63) is 63.7 Å². The number of ether oxygens (including phenoxy) is 1. The molecule has 2 N–H and O–H groups in total. The van der Waals surface area contributed by atoms with Crippen molar-refractivity contribution in [2.45, 2.75) is 79.4 Å². The maximum atomic E-state index is 13.9. The molecule has 0 bridgehead atoms. The predicted octanol–water partition coefficient (Wildman–Crippen LogP) is 6.49. The van der Waals surface area contributed by atoms with E-state index >= 15 is 0 Å². The number of aryl methyl sites for hydroxylation is 2. The highest BCUT2D eigenvalue weighted by atomic mass is 35.5. The Hall–Kier alpha value is -3.06. The summed E-state index contributed by atoms with van der Waals surface area (Å²) in [6, 6.07) is 10.2. The number of hydrogen-bond acceptors (Lipinski definition) is 4. The van der Waals surface area contributed by atoms with E-state index in [4.69, 9.17) is 16.3 Å². The van der Waals surface area contributed by atoms with Crippen LogP contribution in [0.2, 0.25) is 5.02 Å². The molecule has 0 radical (unpaired) electrons. The minimum atomic E-state index is -0.916. The van der Waals surface area contributed by atoms with Gasteiger partial charge in [0.25, 0.3) is 5.91 Å². The number of alkyl carbamates (subject to hydrolysis) is 1. The Kier molecular flexibility index (Phi) is 11.0. The molecule has 0 saturated heterocycles. The van der Waals surface area contributed by atoms with E-state index in [0.29, 0.717) is 23.7 Å². The highest BCUT2D eigenvalue weighted by molar-refractivity contribution is 6.34. The fourth-order valence-corrected chi connectivity index (χ4v) is 4.26. The van der Waals surface area contributed by atoms with Crippen molar-refractivity contribution in [2.24, 2.45) is 0 Å². The lowest BCUT2D eigenvalue weighted by Gasteiger charge is -2.33. The second-order valence-corrected chi connectivity index (χ2v) is 10.7. The van der Waals surface area contributed by atoms with Crippen molar-refractivity contribution in [2.75, 3.05) is 18.4 Å². The Labute approximate surface area is 225 Å². The molecule has 0 spiro atoms. The topological polar surface area (TPSA) is 87.7 Å². The largest absolute Gasteiger partial charge is 0.444 e. The van der Waals surface area contributed by atoms with E-state index in [1.807, 2.05) is 51.1 Å². The van der Waals surface area contributed by atoms with Gasteiger partial charge in [0.15, 0.2) is 0 Å². The smallest absolute Gasteiger partial charge is 0.408 e. The van der Waals surface area contributed by atoms with E-state index in [-0.39, 0.29) is 18.4 Å². The van der Waals surface area contributed by atoms with Crippen LogP contribution in [0.15, 0.2) is 36.4 Å². The van der Waals surface area contributed by atoms with E-state index < -0.39 is 17.7 Å². The van der Waals surface area contributed by atoms with Crippen LogP contribution < -0.4 is 10.6 Å². The molecular formula is C29H40ClN3O4. The summed E-state index contributed by atoms with van der Waals surface area (Å²) >= 11 is 6.41. The lowest BCUT2D eigenvalue weighted by molar-refractivity contribution is -0.138. The number of halogens is 1. The summed E-state index contributed by atoms with van der Waals surface area (Å²) in [6.45, 7) is 13.2. The normalized spacial score (nSPS) is 12.0. The van der Waals surface area contributed by atoms with Gasteiger partial charge in [0, 0.05) is 6.54 Å². The van der Waals surface area contributed by atoms with Crippen LogP contribution >= 0.6 is 11.6 Å². The number of rotatable bonds is 10. The zero-order valence-electron chi connectivity index (χ0n) is 23.0. The number of anilines is 1. The van der Waals surface area contributed by atoms with Crippen molar-refractivity contribution in [1.82, 2.24) is 10.2 Å². The number of hydrogen-bond donors (Lipinski definition) is 2. The summed E-state index contributed by atoms with van der Waals surface area (Å²) < 4.78 is 5.28. The van der Waals surface area contributed by atoms with E-state index in [0.717, 1.165) is 35.1 Å². The minimum Gasteiger partial charge on any atom is -0.444 e. The summed E-state index contributed by atoms with van der Waals surface area (Å²) in [7, 11) is 0. The monoisotopic (exact) mass is 529 g/mol. The van der Waals surface area contributed by atoms with Crippen LogP contribution in [0.25, 0.3) is 0 Å². The Morgan fingerprint density at radius 1 is 1.00 bits per heavy atom. The van der Waals surface area contributed by atoms with Crippen LogP contribution in [-0.4, -0.2) is 41.5 Å². The molecule has 0 aromatic heterocycles. The molecule has 7 nitrogen and oxygen atoms in total. The molecule has 0 saturated carbocycles. The molecular weight excluding hydrogens is 490 g/mol. The summed E-state index contributed by atoms with van der Waals surface area (Å²) in [5.41, 5.74) is 3.30. The first kappa shape index (κ1) is 30.2. The van der Waals surface area contributed by atoms with Gasteiger partial charge in [-0.05, 0) is 76.3 Å². The molecule has 2 aromatic rings. The SMILES string of the molecule is CCCCCN(C(=O)CNC(=O)OC(C)(C)C)C(C(=O)Nc1c(C)cccc1Cl)c1cccc(C)c1C. The van der Waals surface area contributed by atoms with Gasteiger partial charge in [0.05, 0.1) is 10.7 Å². The van der Waals surface area contributed by atoms with E-state index in [9.17, 15) is 14.4 Å². The molecule has 0 aliphatic carbocycles. The quantitative estimate of drug-likeness (QED) is 0.344. The van der Waals surface area contributed by atoms with Crippen molar-refractivity contribution in [3.8, 4) is 0 Å². The van der Waals surface area contributed by atoms with Crippen LogP contribution in [-0.2, 0) is 14.3 Å². The number of amides is 3. The van der Waals surface area contributed by atoms with E-state index in [1.54, 1.807) is 31.7 Å². The number of unbranched alkanes of at least 4 members (excludes halogenated alkanes) is 2. The molecule has 3 amide bonds. The highest BCUT2D eigenvalue weighted by Crippen LogP contribution is 2.31. The minimum absolute atomic E-state index is 0.291. The van der Waals surface area contributed by atoms with Gasteiger partial charge >= 0.3 is 6.09 Å². The van der Waals surface area contributed by atoms with Gasteiger partial charge in [0.2, 0.25) is 5.91 Å². The summed E-state index contributed by atoms with van der Waals surface area (Å²) in [5, 5.41) is 5.93. The first-order valence-electron chi connectivity index (χ1n) is 12.7. The molecule has 0 fully saturated rings. The van der Waals surface area contributed by atoms with Gasteiger partial charge in [-0.1, -0.05) is 61.7 Å². The average Bonchev–Trinajstić information content (AvgIpc) is 2.80. The number of carbonyl (C=O) groups excluding carboxylic acids is 3. The predicted molar refractivity (Wildman–Crippen MR) is 149 cm³/mol. The first-order valence-corrected chi connectivity index (χ1v) is 13.1. The van der Waals surface area contributed by atoms with Gasteiger partial charge in [0.1, 0.15) is 18.2 Å². The molecule has 2 aromatic carbocycles. The zero-order valence-corrected chi connectivity index (χ0v) is 23.8. The van der Waals surface area contributed by atoms with Gasteiger partial charge < -0.3 is 20.3 Å². The Morgan fingerprint density at radius 3 is 2.27 bits per heavy atom. The van der Waals surface area contributed by atoms with Gasteiger partial charge in [-0.2, -0.15) is 0 Å². The molecule has 37 heavy (non-hydrogen) atoms. The number of benzene rings is 2. The van der Waals surface area contributed by atoms with Crippen molar-refractivity contribution in [3.63, 3.8) is 0 Å². The lowest BCUT2D eigenvalue weighted by Crippen LogP contribution is -2.47. The second kappa shape index (κ2) is 13.5. The Morgan fingerprint density at radius 2 is 1.65 bits per heavy atom. The number of para-hydroxylation sites is 1. The fraction of sp³-hybridized carbons (Fsp3) is 0.483. The molecule has 202 valence electrons. The maximum absolute atomic E-state index is 13.9. The molecule has 2 rings (SSSR count). The van der Waals surface area contributed by atoms with Crippen LogP contribution in [0.3, 0.4) is 0 Å². The zero-order chi connectivity index (χ0) is 27.8. The third-order valence-electron chi connectivity index (χ3n) is 6.08. The van der Waals surface area contributed by atoms with Crippen molar-refractivity contribution in [1.29, 1.82) is 0 Å². The van der Waals surface area contributed by atoms with Crippen LogP contribution in [0.4, 0.5) is 10.5 Å². The summed E-state index contributed by atoms with van der Waals surface area (Å²) in [4.78, 5) is 41.3. The van der Waals surface area contributed by atoms with Crippen LogP contribution in [0, 0.1) is 20.8 Å². The fourth-order valence-electron chi connectivity index (χ4n) is 4.00. The summed E-state index contributed by atoms with van der Waals surface area (Å²) in [6.07, 6.45) is 1.88. The molecule has 0 aliphatic rings. The van der Waals surface area contributed by atoms with Crippen molar-refractivity contribution < 1.29 is 19.1 Å². The Balaban J connectivity index is 2.47. The molecule has 1 unspecified atom stereocenters. The molecule has 1 atom stereocenters. The van der Waals surface area contributed by atoms with Gasteiger partial charge in [-0.15, -0.1) is 0 Å². The van der Waals surface area contributed by atoms with E-state index in [1.165, 1.54) is 0 Å². The number of nitrogens with one attached hydrogen (secondary N) is 2. The van der Waals surface area contributed by atoms with Gasteiger partial charge in [-0.3, -0.25) is 9.59 Å². The maximum Gasteiger partial charge on any atom is 0.408 e. The third kappa shape index (κ3) is 8.78. The van der Waals surface area contributed by atoms with Crippen molar-refractivity contribution >= 4 is 35.2 Å². The highest BCUT2D eigenvalue weighted by Gasteiger charge is 2.33. The first-order chi connectivity index (χ1) is 17.4. The van der Waals surface area contributed by atoms with Crippen LogP contribution in [0.5, 0.6) is 0 Å². The van der Waals surface area contributed by atoms with E-state index in [2.05, 4.69) is 17.6 Å². The summed E-state index contributed by atoms with van der Waals surface area (Å²) in [5.74, 6) is -0.745. The molecule has 0 heterocycles. The third-order valence-corrected chi connectivity index (χ3v) is 6.39. The number of carbonyl (C=O) groups is 3.